The van der Waals surface area contributed by atoms with Gasteiger partial charge in [0.15, 0.2) is 6.54 Å². The van der Waals surface area contributed by atoms with Crippen LogP contribution in [0.25, 0.3) is 0 Å². The molecule has 2 N–H and O–H groups in total. The van der Waals surface area contributed by atoms with Gasteiger partial charge in [-0.05, 0) is 0 Å². The maximum absolute atomic E-state index is 5.82. The first-order valence-corrected chi connectivity index (χ1v) is 3.16. The quantitative estimate of drug-likeness (QED) is 0.335. The molecule has 0 aromatic heterocycles. The summed E-state index contributed by atoms with van der Waals surface area (Å²) in [4.78, 5) is 1.31. The average molecular weight is 152 g/mol. The third kappa shape index (κ3) is 1.64. The Morgan fingerprint density at radius 2 is 2.22 bits per heavy atom. The Balaban J connectivity index is 0.000000640. The van der Waals surface area contributed by atoms with Crippen LogP contribution in [-0.4, -0.2) is 42.5 Å². The molecule has 0 radical (unpaired) electrons. The Morgan fingerprint density at radius 3 is 2.33 bits per heavy atom. The van der Waals surface area contributed by atoms with Gasteiger partial charge in [-0.15, -0.1) is 0 Å². The van der Waals surface area contributed by atoms with Crippen LogP contribution in [0.1, 0.15) is 0 Å². The number of amidine groups is 1. The lowest BCUT2D eigenvalue weighted by Gasteiger charge is -1.92. The number of quaternary nitrogens is 1. The van der Waals surface area contributed by atoms with Crippen molar-refractivity contribution in [1.82, 2.24) is 0 Å². The normalized spacial score (nSPS) is 26.3. The fraction of sp³-hybridized carbons (Fsp3) is 0.800. The maximum atomic E-state index is 5.82. The van der Waals surface area contributed by atoms with Gasteiger partial charge in [-0.1, -0.05) is 0 Å². The van der Waals surface area contributed by atoms with Gasteiger partial charge in [0.25, 0.3) is 0 Å². The van der Waals surface area contributed by atoms with Gasteiger partial charge in [0.2, 0.25) is 0 Å². The summed E-state index contributed by atoms with van der Waals surface area (Å²) in [5.74, 6) is 0. The number of nitrogens with one attached hydrogen (secondary N) is 1. The maximum Gasteiger partial charge on any atom is 0.437 e. The SMILES string of the molecule is C[N+]1=C(Cl)[NH+](C)CC1.[OH-]. The molecule has 0 saturated heterocycles. The van der Waals surface area contributed by atoms with Crippen molar-refractivity contribution in [3.8, 4) is 0 Å². The fourth-order valence-electron chi connectivity index (χ4n) is 0.863. The van der Waals surface area contributed by atoms with Crippen LogP contribution >= 0.6 is 11.6 Å². The molecule has 54 valence electrons. The highest BCUT2D eigenvalue weighted by Crippen LogP contribution is 1.79. The van der Waals surface area contributed by atoms with Crippen molar-refractivity contribution in [2.45, 2.75) is 0 Å². The zero-order valence-electron chi connectivity index (χ0n) is 5.69. The predicted molar refractivity (Wildman–Crippen MR) is 35.6 cm³/mol. The topological polar surface area (TPSA) is 37.5 Å². The van der Waals surface area contributed by atoms with E-state index in [9.17, 15) is 0 Å². The molecule has 0 bridgehead atoms. The fourth-order valence-corrected chi connectivity index (χ4v) is 1.04. The first kappa shape index (κ1) is 8.88. The van der Waals surface area contributed by atoms with Crippen molar-refractivity contribution in [2.24, 2.45) is 0 Å². The summed E-state index contributed by atoms with van der Waals surface area (Å²) in [6, 6.07) is 0. The van der Waals surface area contributed by atoms with Gasteiger partial charge < -0.3 is 5.48 Å². The largest absolute Gasteiger partial charge is 0.870 e. The van der Waals surface area contributed by atoms with Crippen molar-refractivity contribution >= 4 is 16.9 Å². The lowest BCUT2D eigenvalue weighted by Crippen LogP contribution is -3.09. The molecule has 3 nitrogen and oxygen atoms in total. The minimum Gasteiger partial charge on any atom is -0.870 e. The molecular formula is C5H12ClN2O+. The van der Waals surface area contributed by atoms with E-state index in [1.165, 1.54) is 4.90 Å². The third-order valence-corrected chi connectivity index (χ3v) is 2.12. The number of nitrogens with zero attached hydrogens (tertiary/aromatic N) is 1. The Hall–Kier alpha value is -0.120. The summed E-state index contributed by atoms with van der Waals surface area (Å²) < 4.78 is 2.07. The molecule has 1 aliphatic rings. The number of halogens is 1. The molecule has 0 aromatic carbocycles. The van der Waals surface area contributed by atoms with Crippen LogP contribution in [0.4, 0.5) is 0 Å². The zero-order valence-corrected chi connectivity index (χ0v) is 6.44. The van der Waals surface area contributed by atoms with Crippen LogP contribution in [0.15, 0.2) is 0 Å². The molecular weight excluding hydrogens is 140 g/mol. The van der Waals surface area contributed by atoms with Crippen LogP contribution in [0.2, 0.25) is 0 Å². The van der Waals surface area contributed by atoms with E-state index in [0.29, 0.717) is 0 Å². The molecule has 1 rings (SSSR count). The van der Waals surface area contributed by atoms with Crippen LogP contribution < -0.4 is 4.90 Å². The van der Waals surface area contributed by atoms with Crippen molar-refractivity contribution < 1.29 is 15.0 Å². The summed E-state index contributed by atoms with van der Waals surface area (Å²) in [6.07, 6.45) is 0. The van der Waals surface area contributed by atoms with E-state index in [1.807, 2.05) is 7.05 Å². The number of likely N-dealkylation sites (N-methyl/N-ethyl adjacent to an activating group) is 2. The number of hydrogen-bond acceptors (Lipinski definition) is 1. The molecule has 1 atom stereocenters. The summed E-state index contributed by atoms with van der Waals surface area (Å²) in [7, 11) is 4.09. The van der Waals surface area contributed by atoms with Gasteiger partial charge in [0, 0.05) is 0 Å². The molecule has 1 heterocycles. The zero-order chi connectivity index (χ0) is 6.15. The van der Waals surface area contributed by atoms with Crippen molar-refractivity contribution in [1.29, 1.82) is 0 Å². The van der Waals surface area contributed by atoms with Crippen molar-refractivity contribution in [3.05, 3.63) is 0 Å². The standard InChI is InChI=1S/C5H10ClN2.H2O/c1-7-3-4-8(2)5(7)6;/h3-4H2,1-2H3;1H2/q+1;. The van der Waals surface area contributed by atoms with Crippen LogP contribution in [0.5, 0.6) is 0 Å². The highest BCUT2D eigenvalue weighted by molar-refractivity contribution is 6.60. The minimum absolute atomic E-state index is 0. The average Bonchev–Trinajstić information content (AvgIpc) is 1.98. The first-order chi connectivity index (χ1) is 3.72. The van der Waals surface area contributed by atoms with Crippen LogP contribution in [0.3, 0.4) is 0 Å². The van der Waals surface area contributed by atoms with Gasteiger partial charge >= 0.3 is 5.29 Å². The molecule has 9 heavy (non-hydrogen) atoms. The first-order valence-electron chi connectivity index (χ1n) is 2.78. The molecule has 4 heteroatoms. The van der Waals surface area contributed by atoms with E-state index >= 15 is 0 Å². The molecule has 1 unspecified atom stereocenters. The molecule has 1 aliphatic heterocycles. The van der Waals surface area contributed by atoms with Gasteiger partial charge in [-0.2, -0.15) is 4.58 Å². The Labute approximate surface area is 59.8 Å². The molecule has 0 fully saturated rings. The monoisotopic (exact) mass is 151 g/mol. The van der Waals surface area contributed by atoms with Gasteiger partial charge in [0.1, 0.15) is 13.6 Å². The second-order valence-corrected chi connectivity index (χ2v) is 2.60. The van der Waals surface area contributed by atoms with E-state index in [2.05, 4.69) is 11.6 Å². The number of rotatable bonds is 0. The van der Waals surface area contributed by atoms with E-state index in [1.54, 1.807) is 0 Å². The van der Waals surface area contributed by atoms with Gasteiger partial charge in [0.05, 0.1) is 18.6 Å². The third-order valence-electron chi connectivity index (χ3n) is 1.51. The molecule has 0 aliphatic carbocycles. The molecule has 0 spiro atoms. The van der Waals surface area contributed by atoms with Crippen LogP contribution in [0, 0.1) is 0 Å². The predicted octanol–water partition coefficient (Wildman–Crippen LogP) is -1.42. The van der Waals surface area contributed by atoms with E-state index in [4.69, 9.17) is 11.6 Å². The Kier molecular flexibility index (Phi) is 3.11. The van der Waals surface area contributed by atoms with Crippen LogP contribution in [-0.2, 0) is 0 Å². The molecule has 0 aromatic rings. The van der Waals surface area contributed by atoms with Crippen molar-refractivity contribution in [2.75, 3.05) is 27.2 Å². The molecule has 0 saturated carbocycles. The summed E-state index contributed by atoms with van der Waals surface area (Å²) in [5, 5.41) is 0.935. The smallest absolute Gasteiger partial charge is 0.437 e. The van der Waals surface area contributed by atoms with E-state index in [0.717, 1.165) is 18.4 Å². The lowest BCUT2D eigenvalue weighted by atomic mass is 10.6. The minimum atomic E-state index is 0. The highest BCUT2D eigenvalue weighted by atomic mass is 35.5. The lowest BCUT2D eigenvalue weighted by molar-refractivity contribution is -0.773. The molecule has 0 amide bonds. The van der Waals surface area contributed by atoms with E-state index < -0.39 is 0 Å². The van der Waals surface area contributed by atoms with Gasteiger partial charge in [-0.3, -0.25) is 0 Å². The van der Waals surface area contributed by atoms with Gasteiger partial charge in [-0.25, -0.2) is 4.90 Å². The summed E-state index contributed by atoms with van der Waals surface area (Å²) in [5.41, 5.74) is 0. The summed E-state index contributed by atoms with van der Waals surface area (Å²) >= 11 is 5.82. The van der Waals surface area contributed by atoms with E-state index in [-0.39, 0.29) is 5.48 Å². The summed E-state index contributed by atoms with van der Waals surface area (Å²) in [6.45, 7) is 2.22. The Morgan fingerprint density at radius 1 is 1.67 bits per heavy atom. The van der Waals surface area contributed by atoms with Crippen molar-refractivity contribution in [3.63, 3.8) is 0 Å². The second-order valence-electron chi connectivity index (χ2n) is 2.24. The number of hydrogen-bond donors (Lipinski definition) is 1. The Bertz CT molecular complexity index is 135. The highest BCUT2D eigenvalue weighted by Gasteiger charge is 2.26. The second kappa shape index (κ2) is 3.15.